The molecule has 1 saturated heterocycles. The third-order valence-corrected chi connectivity index (χ3v) is 4.65. The maximum atomic E-state index is 12.7. The molecule has 2 amide bonds. The standard InChI is InChI=1S/C18H26ClN3O2/c1-13(2)17(20-14(3)23)18(24)22-9-7-21(8-10-22)12-15-5-4-6-16(19)11-15/h4-6,11,13,17H,7-10,12H2,1-3H3,(H,20,23)/p+1/t17-/m1/s1. The number of carbonyl (C=O) groups excluding carboxylic acids is 2. The van der Waals surface area contributed by atoms with E-state index in [0.717, 1.165) is 37.7 Å². The van der Waals surface area contributed by atoms with E-state index < -0.39 is 6.04 Å². The third-order valence-electron chi connectivity index (χ3n) is 4.42. The first-order valence-electron chi connectivity index (χ1n) is 8.50. The van der Waals surface area contributed by atoms with E-state index in [1.165, 1.54) is 17.4 Å². The van der Waals surface area contributed by atoms with Crippen LogP contribution >= 0.6 is 11.6 Å². The minimum absolute atomic E-state index is 0.0296. The Morgan fingerprint density at radius 2 is 1.96 bits per heavy atom. The summed E-state index contributed by atoms with van der Waals surface area (Å²) < 4.78 is 0. The van der Waals surface area contributed by atoms with Crippen LogP contribution in [-0.4, -0.2) is 48.9 Å². The second-order valence-corrected chi connectivity index (χ2v) is 7.24. The van der Waals surface area contributed by atoms with Crippen molar-refractivity contribution in [2.24, 2.45) is 5.92 Å². The van der Waals surface area contributed by atoms with E-state index in [0.29, 0.717) is 0 Å². The Balaban J connectivity index is 1.89. The van der Waals surface area contributed by atoms with Crippen LogP contribution in [0, 0.1) is 5.92 Å². The number of quaternary nitrogens is 1. The molecule has 24 heavy (non-hydrogen) atoms. The van der Waals surface area contributed by atoms with Crippen LogP contribution in [0.3, 0.4) is 0 Å². The Bertz CT molecular complexity index is 583. The fraction of sp³-hybridized carbons (Fsp3) is 0.556. The van der Waals surface area contributed by atoms with Gasteiger partial charge in [0.2, 0.25) is 11.8 Å². The van der Waals surface area contributed by atoms with Gasteiger partial charge in [-0.3, -0.25) is 9.59 Å². The van der Waals surface area contributed by atoms with Gasteiger partial charge < -0.3 is 15.1 Å². The molecule has 1 atom stereocenters. The minimum Gasteiger partial charge on any atom is -0.344 e. The van der Waals surface area contributed by atoms with E-state index in [1.807, 2.05) is 36.9 Å². The van der Waals surface area contributed by atoms with Gasteiger partial charge >= 0.3 is 0 Å². The average Bonchev–Trinajstić information content (AvgIpc) is 2.52. The predicted octanol–water partition coefficient (Wildman–Crippen LogP) is 0.728. The van der Waals surface area contributed by atoms with E-state index in [2.05, 4.69) is 11.4 Å². The zero-order chi connectivity index (χ0) is 17.7. The number of carbonyl (C=O) groups is 2. The quantitative estimate of drug-likeness (QED) is 0.820. The summed E-state index contributed by atoms with van der Waals surface area (Å²) in [5, 5.41) is 3.54. The zero-order valence-corrected chi connectivity index (χ0v) is 15.4. The minimum atomic E-state index is -0.433. The summed E-state index contributed by atoms with van der Waals surface area (Å²) in [6.45, 7) is 9.54. The molecule has 1 heterocycles. The van der Waals surface area contributed by atoms with Crippen LogP contribution in [0.1, 0.15) is 26.3 Å². The number of piperazine rings is 1. The Morgan fingerprint density at radius 1 is 1.29 bits per heavy atom. The van der Waals surface area contributed by atoms with Gasteiger partial charge in [0.25, 0.3) is 0 Å². The lowest BCUT2D eigenvalue weighted by molar-refractivity contribution is -0.917. The topological polar surface area (TPSA) is 53.9 Å². The van der Waals surface area contributed by atoms with Crippen molar-refractivity contribution in [2.45, 2.75) is 33.4 Å². The number of halogens is 1. The second kappa shape index (κ2) is 8.49. The van der Waals surface area contributed by atoms with E-state index in [4.69, 9.17) is 11.6 Å². The maximum absolute atomic E-state index is 12.7. The molecule has 0 unspecified atom stereocenters. The molecule has 0 saturated carbocycles. The molecule has 0 aromatic heterocycles. The summed E-state index contributed by atoms with van der Waals surface area (Å²) in [5.41, 5.74) is 1.22. The van der Waals surface area contributed by atoms with E-state index >= 15 is 0 Å². The molecule has 1 aromatic carbocycles. The van der Waals surface area contributed by atoms with Crippen molar-refractivity contribution < 1.29 is 14.5 Å². The van der Waals surface area contributed by atoms with E-state index in [-0.39, 0.29) is 17.7 Å². The zero-order valence-electron chi connectivity index (χ0n) is 14.6. The van der Waals surface area contributed by atoms with Gasteiger partial charge in [-0.25, -0.2) is 0 Å². The monoisotopic (exact) mass is 352 g/mol. The molecule has 1 aliphatic heterocycles. The normalized spacial score (nSPS) is 17.0. The number of hydrogen-bond donors (Lipinski definition) is 2. The highest BCUT2D eigenvalue weighted by Crippen LogP contribution is 2.10. The Kier molecular flexibility index (Phi) is 6.63. The van der Waals surface area contributed by atoms with Crippen LogP contribution in [-0.2, 0) is 16.1 Å². The predicted molar refractivity (Wildman–Crippen MR) is 94.9 cm³/mol. The first-order valence-corrected chi connectivity index (χ1v) is 8.88. The molecule has 1 aliphatic rings. The number of amides is 2. The van der Waals surface area contributed by atoms with Gasteiger partial charge in [-0.15, -0.1) is 0 Å². The second-order valence-electron chi connectivity index (χ2n) is 6.80. The molecular weight excluding hydrogens is 326 g/mol. The van der Waals surface area contributed by atoms with Gasteiger partial charge in [-0.1, -0.05) is 37.6 Å². The van der Waals surface area contributed by atoms with Crippen molar-refractivity contribution >= 4 is 23.4 Å². The van der Waals surface area contributed by atoms with Crippen molar-refractivity contribution in [3.8, 4) is 0 Å². The number of hydrogen-bond acceptors (Lipinski definition) is 2. The average molecular weight is 353 g/mol. The summed E-state index contributed by atoms with van der Waals surface area (Å²) in [7, 11) is 0. The fourth-order valence-electron chi connectivity index (χ4n) is 3.08. The number of nitrogens with one attached hydrogen (secondary N) is 2. The van der Waals surface area contributed by atoms with Crippen molar-refractivity contribution in [3.05, 3.63) is 34.9 Å². The van der Waals surface area contributed by atoms with Crippen LogP contribution in [0.15, 0.2) is 24.3 Å². The van der Waals surface area contributed by atoms with Gasteiger partial charge in [-0.2, -0.15) is 0 Å². The van der Waals surface area contributed by atoms with Crippen molar-refractivity contribution in [1.82, 2.24) is 10.2 Å². The summed E-state index contributed by atoms with van der Waals surface area (Å²) in [5.74, 6) is -0.0486. The molecule has 0 spiro atoms. The third kappa shape index (κ3) is 5.21. The lowest BCUT2D eigenvalue weighted by Gasteiger charge is -2.35. The molecule has 6 heteroatoms. The fourth-order valence-corrected chi connectivity index (χ4v) is 3.30. The maximum Gasteiger partial charge on any atom is 0.245 e. The number of nitrogens with zero attached hydrogens (tertiary/aromatic N) is 1. The molecule has 2 rings (SSSR count). The Hall–Kier alpha value is -1.59. The van der Waals surface area contributed by atoms with Crippen LogP contribution in [0.25, 0.3) is 0 Å². The molecular formula is C18H27ClN3O2+. The molecule has 0 bridgehead atoms. The van der Waals surface area contributed by atoms with Crippen LogP contribution < -0.4 is 10.2 Å². The van der Waals surface area contributed by atoms with Crippen molar-refractivity contribution in [2.75, 3.05) is 26.2 Å². The summed E-state index contributed by atoms with van der Waals surface area (Å²) in [4.78, 5) is 27.3. The first kappa shape index (κ1) is 18.7. The van der Waals surface area contributed by atoms with Crippen LogP contribution in [0.2, 0.25) is 5.02 Å². The van der Waals surface area contributed by atoms with Gasteiger partial charge in [0.15, 0.2) is 0 Å². The molecule has 2 N–H and O–H groups in total. The van der Waals surface area contributed by atoms with Gasteiger partial charge in [-0.05, 0) is 18.1 Å². The van der Waals surface area contributed by atoms with Crippen LogP contribution in [0.5, 0.6) is 0 Å². The highest BCUT2D eigenvalue weighted by molar-refractivity contribution is 6.30. The lowest BCUT2D eigenvalue weighted by Crippen LogP contribution is -3.13. The summed E-state index contributed by atoms with van der Waals surface area (Å²) in [6.07, 6.45) is 0. The highest BCUT2D eigenvalue weighted by Gasteiger charge is 2.31. The van der Waals surface area contributed by atoms with Gasteiger partial charge in [0, 0.05) is 17.5 Å². The summed E-state index contributed by atoms with van der Waals surface area (Å²) in [6, 6.07) is 7.50. The molecule has 1 aromatic rings. The highest BCUT2D eigenvalue weighted by atomic mass is 35.5. The SMILES string of the molecule is CC(=O)N[C@@H](C(=O)N1CC[NH+](Cc2cccc(Cl)c2)CC1)C(C)C. The largest absolute Gasteiger partial charge is 0.344 e. The molecule has 0 radical (unpaired) electrons. The van der Waals surface area contributed by atoms with E-state index in [9.17, 15) is 9.59 Å². The lowest BCUT2D eigenvalue weighted by atomic mass is 10.0. The molecule has 0 aliphatic carbocycles. The van der Waals surface area contributed by atoms with Crippen LogP contribution in [0.4, 0.5) is 0 Å². The Labute approximate surface area is 149 Å². The van der Waals surface area contributed by atoms with Gasteiger partial charge in [0.1, 0.15) is 12.6 Å². The first-order chi connectivity index (χ1) is 11.4. The smallest absolute Gasteiger partial charge is 0.245 e. The van der Waals surface area contributed by atoms with Crippen molar-refractivity contribution in [1.29, 1.82) is 0 Å². The number of benzene rings is 1. The van der Waals surface area contributed by atoms with Crippen molar-refractivity contribution in [3.63, 3.8) is 0 Å². The summed E-state index contributed by atoms with van der Waals surface area (Å²) >= 11 is 6.04. The number of rotatable bonds is 5. The molecule has 5 nitrogen and oxygen atoms in total. The van der Waals surface area contributed by atoms with Gasteiger partial charge in [0.05, 0.1) is 26.2 Å². The van der Waals surface area contributed by atoms with E-state index in [1.54, 1.807) is 0 Å². The molecule has 1 fully saturated rings. The molecule has 132 valence electrons. The Morgan fingerprint density at radius 3 is 2.50 bits per heavy atom.